The molecule has 0 spiro atoms. The minimum Gasteiger partial charge on any atom is -0.314 e. The molecule has 1 aliphatic heterocycles. The van der Waals surface area contributed by atoms with Crippen molar-refractivity contribution in [3.63, 3.8) is 0 Å². The third-order valence-electron chi connectivity index (χ3n) is 3.91. The Labute approximate surface area is 127 Å². The molecule has 1 N–H and O–H groups in total. The van der Waals surface area contributed by atoms with E-state index in [-0.39, 0.29) is 5.56 Å². The second-order valence-corrected chi connectivity index (χ2v) is 5.40. The van der Waals surface area contributed by atoms with Crippen LogP contribution < -0.4 is 5.32 Å². The Morgan fingerprint density at radius 3 is 2.55 bits per heavy atom. The summed E-state index contributed by atoms with van der Waals surface area (Å²) in [7, 11) is 0. The number of nitrogens with zero attached hydrogens (tertiary/aromatic N) is 1. The van der Waals surface area contributed by atoms with Gasteiger partial charge in [0, 0.05) is 32.2 Å². The van der Waals surface area contributed by atoms with Gasteiger partial charge in [0.25, 0.3) is 0 Å². The summed E-state index contributed by atoms with van der Waals surface area (Å²) < 4.78 is 53.3. The molecule has 0 radical (unpaired) electrons. The maximum absolute atomic E-state index is 13.6. The van der Waals surface area contributed by atoms with Gasteiger partial charge in [-0.1, -0.05) is 6.08 Å². The lowest BCUT2D eigenvalue weighted by molar-refractivity contribution is -0.138. The molecule has 2 nitrogen and oxygen atoms in total. The van der Waals surface area contributed by atoms with Crippen LogP contribution in [0.5, 0.6) is 0 Å². The Morgan fingerprint density at radius 2 is 1.95 bits per heavy atom. The molecule has 2 rings (SSSR count). The van der Waals surface area contributed by atoms with Crippen molar-refractivity contribution in [2.24, 2.45) is 0 Å². The maximum Gasteiger partial charge on any atom is 0.416 e. The van der Waals surface area contributed by atoms with Crippen molar-refractivity contribution in [2.75, 3.05) is 26.2 Å². The molecular formula is C16H20F4N2. The van der Waals surface area contributed by atoms with Gasteiger partial charge in [0.1, 0.15) is 5.82 Å². The van der Waals surface area contributed by atoms with Crippen LogP contribution >= 0.6 is 0 Å². The maximum atomic E-state index is 13.6. The lowest BCUT2D eigenvalue weighted by atomic mass is 9.94. The Kier molecular flexibility index (Phi) is 5.58. The highest BCUT2D eigenvalue weighted by atomic mass is 19.4. The Balaban J connectivity index is 2.40. The summed E-state index contributed by atoms with van der Waals surface area (Å²) in [5.74, 6) is -0.637. The van der Waals surface area contributed by atoms with Crippen molar-refractivity contribution in [1.29, 1.82) is 0 Å². The van der Waals surface area contributed by atoms with Crippen molar-refractivity contribution in [1.82, 2.24) is 10.2 Å². The first-order valence-electron chi connectivity index (χ1n) is 7.36. The molecule has 0 amide bonds. The largest absolute Gasteiger partial charge is 0.416 e. The third kappa shape index (κ3) is 4.08. The molecule has 6 heteroatoms. The van der Waals surface area contributed by atoms with E-state index in [9.17, 15) is 17.6 Å². The van der Waals surface area contributed by atoms with Gasteiger partial charge in [-0.3, -0.25) is 4.90 Å². The summed E-state index contributed by atoms with van der Waals surface area (Å²) in [6, 6.07) is 2.29. The Bertz CT molecular complexity index is 507. The number of benzene rings is 1. The number of rotatable bonds is 5. The van der Waals surface area contributed by atoms with Crippen molar-refractivity contribution < 1.29 is 17.6 Å². The molecule has 1 atom stereocenters. The average molecular weight is 316 g/mol. The van der Waals surface area contributed by atoms with E-state index >= 15 is 0 Å². The molecule has 1 heterocycles. The van der Waals surface area contributed by atoms with Gasteiger partial charge in [-0.05, 0) is 36.6 Å². The molecule has 0 saturated carbocycles. The van der Waals surface area contributed by atoms with Crippen LogP contribution in [0.1, 0.15) is 30.0 Å². The summed E-state index contributed by atoms with van der Waals surface area (Å²) in [6.07, 6.45) is -1.72. The van der Waals surface area contributed by atoms with Gasteiger partial charge in [0.2, 0.25) is 0 Å². The van der Waals surface area contributed by atoms with Crippen LogP contribution in [0.4, 0.5) is 17.6 Å². The molecular weight excluding hydrogens is 296 g/mol. The predicted octanol–water partition coefficient (Wildman–Crippen LogP) is 3.76. The van der Waals surface area contributed by atoms with Crippen molar-refractivity contribution in [3.8, 4) is 0 Å². The molecule has 22 heavy (non-hydrogen) atoms. The van der Waals surface area contributed by atoms with Crippen molar-refractivity contribution in [3.05, 3.63) is 47.8 Å². The summed E-state index contributed by atoms with van der Waals surface area (Å²) >= 11 is 0. The molecule has 0 bridgehead atoms. The Hall–Kier alpha value is -1.40. The van der Waals surface area contributed by atoms with Crippen LogP contribution in [-0.4, -0.2) is 31.1 Å². The highest BCUT2D eigenvalue weighted by Gasteiger charge is 2.36. The van der Waals surface area contributed by atoms with Crippen molar-refractivity contribution >= 4 is 0 Å². The quantitative estimate of drug-likeness (QED) is 0.657. The van der Waals surface area contributed by atoms with E-state index in [0.29, 0.717) is 25.9 Å². The number of hydrogen-bond acceptors (Lipinski definition) is 2. The molecule has 1 aromatic carbocycles. The van der Waals surface area contributed by atoms with Crippen LogP contribution in [-0.2, 0) is 6.18 Å². The fraction of sp³-hybridized carbons (Fsp3) is 0.500. The topological polar surface area (TPSA) is 15.3 Å². The molecule has 0 aromatic heterocycles. The number of nitrogens with one attached hydrogen (secondary N) is 1. The van der Waals surface area contributed by atoms with Crippen LogP contribution in [0.2, 0.25) is 0 Å². The minimum absolute atomic E-state index is 0.0243. The fourth-order valence-corrected chi connectivity index (χ4v) is 2.87. The first-order valence-corrected chi connectivity index (χ1v) is 7.36. The van der Waals surface area contributed by atoms with Crippen LogP contribution in [0.25, 0.3) is 0 Å². The average Bonchev–Trinajstić information content (AvgIpc) is 2.47. The van der Waals surface area contributed by atoms with Crippen molar-refractivity contribution in [2.45, 2.75) is 25.1 Å². The van der Waals surface area contributed by atoms with Crippen LogP contribution in [0, 0.1) is 5.82 Å². The molecule has 0 unspecified atom stereocenters. The van der Waals surface area contributed by atoms with E-state index in [1.807, 2.05) is 4.90 Å². The molecule has 1 fully saturated rings. The van der Waals surface area contributed by atoms with E-state index in [0.717, 1.165) is 31.3 Å². The van der Waals surface area contributed by atoms with Gasteiger partial charge in [0.05, 0.1) is 5.56 Å². The van der Waals surface area contributed by atoms with Crippen LogP contribution in [0.3, 0.4) is 0 Å². The first kappa shape index (κ1) is 17.0. The zero-order chi connectivity index (χ0) is 16.2. The molecule has 1 aromatic rings. The highest BCUT2D eigenvalue weighted by Crippen LogP contribution is 2.38. The predicted molar refractivity (Wildman–Crippen MR) is 78.0 cm³/mol. The van der Waals surface area contributed by atoms with Gasteiger partial charge in [0.15, 0.2) is 0 Å². The van der Waals surface area contributed by atoms with Gasteiger partial charge in [-0.25, -0.2) is 4.39 Å². The Morgan fingerprint density at radius 1 is 1.27 bits per heavy atom. The SMILES string of the molecule is C=CCC[C@@H](c1cc(F)ccc1C(F)(F)F)N1CCNCC1. The van der Waals surface area contributed by atoms with E-state index in [1.165, 1.54) is 0 Å². The summed E-state index contributed by atoms with van der Waals surface area (Å²) in [6.45, 7) is 6.38. The summed E-state index contributed by atoms with van der Waals surface area (Å²) in [4.78, 5) is 1.99. The zero-order valence-corrected chi connectivity index (χ0v) is 12.3. The smallest absolute Gasteiger partial charge is 0.314 e. The fourth-order valence-electron chi connectivity index (χ4n) is 2.87. The standard InChI is InChI=1S/C16H20F4N2/c1-2-3-4-15(22-9-7-21-8-10-22)13-11-12(17)5-6-14(13)16(18,19)20/h2,5-6,11,15,21H,1,3-4,7-10H2/t15-/m0/s1. The highest BCUT2D eigenvalue weighted by molar-refractivity contribution is 5.33. The van der Waals surface area contributed by atoms with Gasteiger partial charge >= 0.3 is 6.18 Å². The molecule has 122 valence electrons. The van der Waals surface area contributed by atoms with Crippen LogP contribution in [0.15, 0.2) is 30.9 Å². The van der Waals surface area contributed by atoms with E-state index in [2.05, 4.69) is 11.9 Å². The number of alkyl halides is 3. The second-order valence-electron chi connectivity index (χ2n) is 5.40. The second kappa shape index (κ2) is 7.24. The van der Waals surface area contributed by atoms with E-state index < -0.39 is 23.6 Å². The molecule has 1 aliphatic rings. The lowest BCUT2D eigenvalue weighted by Gasteiger charge is -2.36. The monoisotopic (exact) mass is 316 g/mol. The number of piperazine rings is 1. The normalized spacial score (nSPS) is 18.2. The first-order chi connectivity index (χ1) is 10.4. The third-order valence-corrected chi connectivity index (χ3v) is 3.91. The zero-order valence-electron chi connectivity index (χ0n) is 12.3. The van der Waals surface area contributed by atoms with Gasteiger partial charge in [-0.15, -0.1) is 6.58 Å². The minimum atomic E-state index is -4.48. The number of halogens is 4. The summed E-state index contributed by atoms with van der Waals surface area (Å²) in [5.41, 5.74) is -0.724. The van der Waals surface area contributed by atoms with E-state index in [4.69, 9.17) is 0 Å². The van der Waals surface area contributed by atoms with Gasteiger partial charge in [-0.2, -0.15) is 13.2 Å². The summed E-state index contributed by atoms with van der Waals surface area (Å²) in [5, 5.41) is 3.18. The molecule has 0 aliphatic carbocycles. The molecule has 1 saturated heterocycles. The number of hydrogen-bond donors (Lipinski definition) is 1. The number of allylic oxidation sites excluding steroid dienone is 1. The van der Waals surface area contributed by atoms with Gasteiger partial charge < -0.3 is 5.32 Å². The lowest BCUT2D eigenvalue weighted by Crippen LogP contribution is -2.45. The van der Waals surface area contributed by atoms with E-state index in [1.54, 1.807) is 6.08 Å².